The van der Waals surface area contributed by atoms with Crippen molar-refractivity contribution in [3.8, 4) is 0 Å². The van der Waals surface area contributed by atoms with Crippen LogP contribution in [-0.2, 0) is 10.3 Å². The minimum Gasteiger partial charge on any atom is -0.371 e. The summed E-state index contributed by atoms with van der Waals surface area (Å²) in [6.45, 7) is 6.43. The molecule has 1 heterocycles. The molecule has 1 saturated carbocycles. The second-order valence-corrected chi connectivity index (χ2v) is 4.61. The molecular formula is C11H19N3O2. The molecule has 0 aromatic carbocycles. The molecule has 0 spiro atoms. The Morgan fingerprint density at radius 3 is 2.88 bits per heavy atom. The highest BCUT2D eigenvalue weighted by Gasteiger charge is 2.44. The maximum atomic E-state index is 6.19. The zero-order chi connectivity index (χ0) is 11.8. The molecule has 0 saturated heterocycles. The van der Waals surface area contributed by atoms with Crippen LogP contribution in [0.1, 0.15) is 51.4 Å². The third-order valence-electron chi connectivity index (χ3n) is 3.11. The first kappa shape index (κ1) is 11.5. The fourth-order valence-corrected chi connectivity index (χ4v) is 1.80. The second kappa shape index (κ2) is 4.14. The Labute approximate surface area is 95.3 Å². The van der Waals surface area contributed by atoms with Gasteiger partial charge in [0.2, 0.25) is 5.89 Å². The first-order valence-corrected chi connectivity index (χ1v) is 5.80. The molecule has 2 atom stereocenters. The number of nitrogens with two attached hydrogens (primary N) is 1. The Kier molecular flexibility index (Phi) is 2.99. The summed E-state index contributed by atoms with van der Waals surface area (Å²) in [6, 6.07) is 0. The van der Waals surface area contributed by atoms with Crippen molar-refractivity contribution in [2.24, 2.45) is 11.7 Å². The third-order valence-corrected chi connectivity index (χ3v) is 3.11. The van der Waals surface area contributed by atoms with Crippen molar-refractivity contribution in [3.63, 3.8) is 0 Å². The minimum atomic E-state index is -0.489. The molecule has 0 bridgehead atoms. The Morgan fingerprint density at radius 1 is 1.62 bits per heavy atom. The summed E-state index contributed by atoms with van der Waals surface area (Å²) in [5.74, 6) is 1.58. The van der Waals surface area contributed by atoms with Gasteiger partial charge in [0.15, 0.2) is 5.82 Å². The molecule has 2 rings (SSSR count). The first-order chi connectivity index (χ1) is 7.55. The predicted molar refractivity (Wildman–Crippen MR) is 58.6 cm³/mol. The van der Waals surface area contributed by atoms with Gasteiger partial charge in [-0.1, -0.05) is 5.16 Å². The van der Waals surface area contributed by atoms with Gasteiger partial charge in [-0.15, -0.1) is 0 Å². The summed E-state index contributed by atoms with van der Waals surface area (Å²) in [7, 11) is 0. The lowest BCUT2D eigenvalue weighted by Crippen LogP contribution is -2.35. The van der Waals surface area contributed by atoms with Crippen molar-refractivity contribution in [3.05, 3.63) is 11.7 Å². The number of hydrogen-bond donors (Lipinski definition) is 1. The van der Waals surface area contributed by atoms with E-state index in [1.165, 1.54) is 0 Å². The lowest BCUT2D eigenvalue weighted by molar-refractivity contribution is 0.0683. The van der Waals surface area contributed by atoms with E-state index in [1.54, 1.807) is 0 Å². The van der Waals surface area contributed by atoms with Crippen LogP contribution in [0.25, 0.3) is 0 Å². The molecule has 1 aliphatic carbocycles. The third kappa shape index (κ3) is 2.10. The van der Waals surface area contributed by atoms with Crippen LogP contribution in [0.15, 0.2) is 4.52 Å². The van der Waals surface area contributed by atoms with Gasteiger partial charge in [0.1, 0.15) is 6.10 Å². The highest BCUT2D eigenvalue weighted by atomic mass is 16.5. The van der Waals surface area contributed by atoms with Crippen LogP contribution in [0.4, 0.5) is 0 Å². The minimum absolute atomic E-state index is 0.141. The molecule has 5 nitrogen and oxygen atoms in total. The van der Waals surface area contributed by atoms with E-state index >= 15 is 0 Å². The van der Waals surface area contributed by atoms with Crippen LogP contribution in [-0.4, -0.2) is 16.7 Å². The monoisotopic (exact) mass is 225 g/mol. The number of ether oxygens (including phenoxy) is 1. The van der Waals surface area contributed by atoms with Crippen LogP contribution in [0, 0.1) is 5.92 Å². The van der Waals surface area contributed by atoms with Gasteiger partial charge >= 0.3 is 0 Å². The molecule has 5 heteroatoms. The standard InChI is InChI=1S/C11H19N3O2/c1-4-15-7(2)9-13-10(16-14-9)11(3,12)8-5-6-8/h7-8H,4-6,12H2,1-3H3. The van der Waals surface area contributed by atoms with E-state index in [9.17, 15) is 0 Å². The van der Waals surface area contributed by atoms with E-state index in [1.807, 2.05) is 20.8 Å². The highest BCUT2D eigenvalue weighted by molar-refractivity contribution is 5.07. The highest BCUT2D eigenvalue weighted by Crippen LogP contribution is 2.43. The molecule has 0 radical (unpaired) electrons. The van der Waals surface area contributed by atoms with E-state index in [0.29, 0.717) is 24.2 Å². The largest absolute Gasteiger partial charge is 0.371 e. The molecule has 1 aromatic heterocycles. The van der Waals surface area contributed by atoms with Gasteiger partial charge in [-0.25, -0.2) is 0 Å². The molecule has 1 aromatic rings. The Hall–Kier alpha value is -0.940. The molecular weight excluding hydrogens is 206 g/mol. The van der Waals surface area contributed by atoms with Gasteiger partial charge in [-0.3, -0.25) is 0 Å². The van der Waals surface area contributed by atoms with Crippen molar-refractivity contribution in [1.29, 1.82) is 0 Å². The Balaban J connectivity index is 2.12. The van der Waals surface area contributed by atoms with E-state index in [2.05, 4.69) is 10.1 Å². The van der Waals surface area contributed by atoms with Crippen LogP contribution in [0.5, 0.6) is 0 Å². The van der Waals surface area contributed by atoms with Crippen molar-refractivity contribution >= 4 is 0 Å². The Morgan fingerprint density at radius 2 is 2.31 bits per heavy atom. The quantitative estimate of drug-likeness (QED) is 0.826. The normalized spacial score (nSPS) is 21.8. The van der Waals surface area contributed by atoms with Gasteiger partial charge in [-0.05, 0) is 39.5 Å². The van der Waals surface area contributed by atoms with Crippen molar-refractivity contribution in [2.75, 3.05) is 6.61 Å². The van der Waals surface area contributed by atoms with Gasteiger partial charge in [0.25, 0.3) is 0 Å². The SMILES string of the molecule is CCOC(C)c1noc(C(C)(N)C2CC2)n1. The number of aromatic nitrogens is 2. The summed E-state index contributed by atoms with van der Waals surface area (Å²) in [6.07, 6.45) is 2.15. The number of nitrogens with zero attached hydrogens (tertiary/aromatic N) is 2. The van der Waals surface area contributed by atoms with E-state index in [4.69, 9.17) is 15.0 Å². The molecule has 16 heavy (non-hydrogen) atoms. The molecule has 2 unspecified atom stereocenters. The molecule has 90 valence electrons. The van der Waals surface area contributed by atoms with Gasteiger partial charge in [0, 0.05) is 6.61 Å². The van der Waals surface area contributed by atoms with Gasteiger partial charge < -0.3 is 15.0 Å². The zero-order valence-electron chi connectivity index (χ0n) is 10.1. The van der Waals surface area contributed by atoms with Crippen molar-refractivity contribution in [2.45, 2.75) is 45.3 Å². The average molecular weight is 225 g/mol. The smallest absolute Gasteiger partial charge is 0.246 e. The summed E-state index contributed by atoms with van der Waals surface area (Å²) in [5, 5.41) is 3.92. The molecule has 0 amide bonds. The van der Waals surface area contributed by atoms with E-state index in [-0.39, 0.29) is 6.10 Å². The summed E-state index contributed by atoms with van der Waals surface area (Å²) in [4.78, 5) is 4.33. The van der Waals surface area contributed by atoms with Crippen LogP contribution in [0.3, 0.4) is 0 Å². The average Bonchev–Trinajstić information content (AvgIpc) is 2.96. The van der Waals surface area contributed by atoms with E-state index in [0.717, 1.165) is 12.8 Å². The van der Waals surface area contributed by atoms with Crippen LogP contribution < -0.4 is 5.73 Å². The van der Waals surface area contributed by atoms with Crippen LogP contribution >= 0.6 is 0 Å². The van der Waals surface area contributed by atoms with Crippen molar-refractivity contribution < 1.29 is 9.26 Å². The summed E-state index contributed by atoms with van der Waals surface area (Å²) in [5.41, 5.74) is 5.70. The predicted octanol–water partition coefficient (Wildman–Crippen LogP) is 1.75. The molecule has 2 N–H and O–H groups in total. The van der Waals surface area contributed by atoms with E-state index < -0.39 is 5.54 Å². The first-order valence-electron chi connectivity index (χ1n) is 5.80. The van der Waals surface area contributed by atoms with Crippen LogP contribution in [0.2, 0.25) is 0 Å². The lowest BCUT2D eigenvalue weighted by Gasteiger charge is -2.18. The molecule has 1 aliphatic rings. The van der Waals surface area contributed by atoms with Crippen molar-refractivity contribution in [1.82, 2.24) is 10.1 Å². The molecule has 0 aliphatic heterocycles. The van der Waals surface area contributed by atoms with Gasteiger partial charge in [-0.2, -0.15) is 4.98 Å². The zero-order valence-corrected chi connectivity index (χ0v) is 10.1. The maximum Gasteiger partial charge on any atom is 0.246 e. The number of hydrogen-bond acceptors (Lipinski definition) is 5. The lowest BCUT2D eigenvalue weighted by atomic mass is 9.97. The topological polar surface area (TPSA) is 74.2 Å². The molecule has 1 fully saturated rings. The fraction of sp³-hybridized carbons (Fsp3) is 0.818. The fourth-order valence-electron chi connectivity index (χ4n) is 1.80. The Bertz CT molecular complexity index is 358. The second-order valence-electron chi connectivity index (χ2n) is 4.61. The maximum absolute atomic E-state index is 6.19. The summed E-state index contributed by atoms with van der Waals surface area (Å²) < 4.78 is 10.6. The summed E-state index contributed by atoms with van der Waals surface area (Å²) >= 11 is 0. The van der Waals surface area contributed by atoms with Gasteiger partial charge in [0.05, 0.1) is 5.54 Å². The number of rotatable bonds is 5.